The molecule has 0 aliphatic carbocycles. The van der Waals surface area contributed by atoms with Gasteiger partial charge in [0.25, 0.3) is 0 Å². The maximum Gasteiger partial charge on any atom is 0.514 e. The van der Waals surface area contributed by atoms with Crippen LogP contribution in [0.5, 0.6) is 0 Å². The van der Waals surface area contributed by atoms with Gasteiger partial charge in [0.05, 0.1) is 0 Å². The van der Waals surface area contributed by atoms with Gasteiger partial charge in [0.1, 0.15) is 0 Å². The maximum atomic E-state index is 13.0. The predicted octanol–water partition coefficient (Wildman–Crippen LogP) is 1.81. The van der Waals surface area contributed by atoms with Crippen molar-refractivity contribution in [3.8, 4) is 0 Å². The number of halogens is 5. The molecule has 0 aromatic heterocycles. The highest BCUT2D eigenvalue weighted by molar-refractivity contribution is 7.18. The van der Waals surface area contributed by atoms with Gasteiger partial charge in [-0.3, -0.25) is 0 Å². The fourth-order valence-corrected chi connectivity index (χ4v) is 1.04. The Morgan fingerprint density at radius 2 is 1.86 bits per heavy atom. The van der Waals surface area contributed by atoms with Gasteiger partial charge in [-0.05, 0) is 13.8 Å². The van der Waals surface area contributed by atoms with Crippen LogP contribution in [0.3, 0.4) is 0 Å². The average molecular weight is 240 g/mol. The van der Waals surface area contributed by atoms with E-state index in [-0.39, 0.29) is 0 Å². The molecule has 14 heavy (non-hydrogen) atoms. The molecule has 0 amide bonds. The second-order valence-electron chi connectivity index (χ2n) is 2.29. The summed E-state index contributed by atoms with van der Waals surface area (Å²) in [5, 5.41) is 0. The zero-order valence-corrected chi connectivity index (χ0v) is 7.25. The van der Waals surface area contributed by atoms with Crippen LogP contribution in [-0.4, -0.2) is 23.7 Å². The van der Waals surface area contributed by atoms with Crippen molar-refractivity contribution < 1.29 is 41.3 Å². The van der Waals surface area contributed by atoms with Gasteiger partial charge in [-0.25, -0.2) is 4.79 Å². The molecule has 3 atom stereocenters. The number of hydrogen-bond acceptors (Lipinski definition) is 4. The Bertz CT molecular complexity index is 269. The predicted molar refractivity (Wildman–Crippen MR) is 32.1 cm³/mol. The molecule has 1 saturated heterocycles. The van der Waals surface area contributed by atoms with Crippen LogP contribution in [0.4, 0.5) is 26.9 Å². The van der Waals surface area contributed by atoms with E-state index < -0.39 is 23.7 Å². The molecular weight excluding hydrogens is 238 g/mol. The molecule has 0 saturated carbocycles. The molecular formula is C4H2F5O4P. The van der Waals surface area contributed by atoms with E-state index in [1.54, 1.807) is 0 Å². The first-order valence-electron chi connectivity index (χ1n) is 2.92. The highest BCUT2D eigenvalue weighted by Gasteiger charge is 2.79. The molecule has 0 aromatic rings. The third-order valence-corrected chi connectivity index (χ3v) is 1.96. The van der Waals surface area contributed by atoms with E-state index in [1.165, 1.54) is 0 Å². The van der Waals surface area contributed by atoms with Crippen LogP contribution in [0.1, 0.15) is 0 Å². The van der Waals surface area contributed by atoms with Gasteiger partial charge < -0.3 is 9.47 Å². The topological polar surface area (TPSA) is 44.8 Å². The molecule has 0 radical (unpaired) electrons. The summed E-state index contributed by atoms with van der Waals surface area (Å²) in [6.07, 6.45) is -7.72. The van der Waals surface area contributed by atoms with Gasteiger partial charge in [0.15, 0.2) is 0 Å². The Labute approximate surface area is 75.4 Å². The van der Waals surface area contributed by atoms with E-state index in [0.717, 1.165) is 9.24 Å². The standard InChI is InChI=1S/C4H2F5O4P/c5-2(3(6,7)8)4(14,13-9)12-1(10)11-2/h14H2. The summed E-state index contributed by atoms with van der Waals surface area (Å²) < 4.78 is 67.5. The summed E-state index contributed by atoms with van der Waals surface area (Å²) in [6, 6.07) is 0. The fourth-order valence-electron chi connectivity index (χ4n) is 0.717. The Hall–Kier alpha value is -0.690. The van der Waals surface area contributed by atoms with Crippen LogP contribution in [0.15, 0.2) is 0 Å². The van der Waals surface area contributed by atoms with Crippen molar-refractivity contribution in [3.63, 3.8) is 0 Å². The highest BCUT2D eigenvalue weighted by Crippen LogP contribution is 2.53. The fraction of sp³-hybridized carbons (Fsp3) is 0.750. The normalized spacial score (nSPS) is 38.0. The van der Waals surface area contributed by atoms with E-state index in [0.29, 0.717) is 0 Å². The molecule has 1 rings (SSSR count). The van der Waals surface area contributed by atoms with E-state index in [2.05, 4.69) is 14.4 Å². The molecule has 1 aliphatic heterocycles. The SMILES string of the molecule is O=C1OC(P)(OF)C(F)(C(F)(F)F)O1. The molecule has 4 nitrogen and oxygen atoms in total. The van der Waals surface area contributed by atoms with Gasteiger partial charge in [-0.2, -0.15) is 17.6 Å². The van der Waals surface area contributed by atoms with Crippen molar-refractivity contribution >= 4 is 15.4 Å². The first-order chi connectivity index (χ1) is 6.16. The lowest BCUT2D eigenvalue weighted by molar-refractivity contribution is -0.397. The summed E-state index contributed by atoms with van der Waals surface area (Å²) in [5.41, 5.74) is -3.57. The molecule has 82 valence electrons. The quantitative estimate of drug-likeness (QED) is 0.398. The van der Waals surface area contributed by atoms with Crippen LogP contribution in [0.25, 0.3) is 0 Å². The van der Waals surface area contributed by atoms with Crippen LogP contribution < -0.4 is 0 Å². The number of ether oxygens (including phenoxy) is 2. The lowest BCUT2D eigenvalue weighted by atomic mass is 10.3. The third kappa shape index (κ3) is 1.31. The van der Waals surface area contributed by atoms with Crippen LogP contribution in [0, 0.1) is 0 Å². The Morgan fingerprint density at radius 1 is 1.36 bits per heavy atom. The van der Waals surface area contributed by atoms with Gasteiger partial charge in [0, 0.05) is 0 Å². The van der Waals surface area contributed by atoms with Gasteiger partial charge in [-0.15, -0.1) is 4.94 Å². The minimum absolute atomic E-state index is 0.927. The molecule has 3 unspecified atom stereocenters. The smallest absolute Gasteiger partial charge is 0.387 e. The summed E-state index contributed by atoms with van der Waals surface area (Å²) in [5.74, 6) is -4.70. The summed E-state index contributed by atoms with van der Waals surface area (Å²) >= 11 is 0. The van der Waals surface area contributed by atoms with E-state index >= 15 is 0 Å². The van der Waals surface area contributed by atoms with E-state index in [9.17, 15) is 26.9 Å². The monoisotopic (exact) mass is 240 g/mol. The van der Waals surface area contributed by atoms with Crippen LogP contribution in [-0.2, 0) is 14.4 Å². The van der Waals surface area contributed by atoms with Crippen molar-refractivity contribution in [2.45, 2.75) is 17.6 Å². The maximum absolute atomic E-state index is 13.0. The van der Waals surface area contributed by atoms with Gasteiger partial charge in [-0.1, -0.05) is 0 Å². The van der Waals surface area contributed by atoms with Crippen LogP contribution in [0.2, 0.25) is 0 Å². The zero-order chi connectivity index (χ0) is 11.2. The molecule has 1 aliphatic rings. The minimum Gasteiger partial charge on any atom is -0.387 e. The van der Waals surface area contributed by atoms with Gasteiger partial charge >= 0.3 is 23.7 Å². The second kappa shape index (κ2) is 2.90. The van der Waals surface area contributed by atoms with Crippen molar-refractivity contribution in [1.82, 2.24) is 0 Å². The average Bonchev–Trinajstić information content (AvgIpc) is 2.23. The third-order valence-electron chi connectivity index (χ3n) is 1.39. The first kappa shape index (κ1) is 11.4. The number of hydrogen-bond donors (Lipinski definition) is 0. The lowest BCUT2D eigenvalue weighted by Gasteiger charge is -2.28. The summed E-state index contributed by atoms with van der Waals surface area (Å²) in [4.78, 5) is 12.8. The van der Waals surface area contributed by atoms with E-state index in [1.807, 2.05) is 0 Å². The molecule has 1 fully saturated rings. The molecule has 0 aromatic carbocycles. The first-order valence-corrected chi connectivity index (χ1v) is 3.50. The molecule has 0 spiro atoms. The lowest BCUT2D eigenvalue weighted by Crippen LogP contribution is -2.55. The molecule has 10 heteroatoms. The molecule has 0 bridgehead atoms. The van der Waals surface area contributed by atoms with Crippen molar-refractivity contribution in [2.75, 3.05) is 0 Å². The highest BCUT2D eigenvalue weighted by atomic mass is 31.0. The number of carbonyl (C=O) groups is 1. The van der Waals surface area contributed by atoms with Crippen molar-refractivity contribution in [1.29, 1.82) is 0 Å². The van der Waals surface area contributed by atoms with Crippen molar-refractivity contribution in [2.24, 2.45) is 0 Å². The second-order valence-corrected chi connectivity index (χ2v) is 3.05. The van der Waals surface area contributed by atoms with Crippen molar-refractivity contribution in [3.05, 3.63) is 0 Å². The zero-order valence-electron chi connectivity index (χ0n) is 6.10. The number of rotatable bonds is 1. The molecule has 0 N–H and O–H groups in total. The Balaban J connectivity index is 3.14. The van der Waals surface area contributed by atoms with E-state index in [4.69, 9.17) is 0 Å². The number of cyclic esters (lactones) is 2. The molecule has 1 heterocycles. The minimum atomic E-state index is -5.69. The number of alkyl halides is 4. The Morgan fingerprint density at radius 3 is 2.14 bits per heavy atom. The summed E-state index contributed by atoms with van der Waals surface area (Å²) in [7, 11) is 0.927. The largest absolute Gasteiger partial charge is 0.514 e. The Kier molecular flexibility index (Phi) is 2.36. The van der Waals surface area contributed by atoms with Crippen LogP contribution >= 0.6 is 9.24 Å². The van der Waals surface area contributed by atoms with Gasteiger partial charge in [0.2, 0.25) is 0 Å². The summed E-state index contributed by atoms with van der Waals surface area (Å²) in [6.45, 7) is 0. The number of carbonyl (C=O) groups excluding carboxylic acids is 1.